The van der Waals surface area contributed by atoms with Crippen LogP contribution in [0.15, 0.2) is 24.4 Å². The molecule has 0 aromatic carbocycles. The van der Waals surface area contributed by atoms with E-state index in [0.717, 1.165) is 23.9 Å². The fraction of sp³-hybridized carbons (Fsp3) is 0.600. The minimum atomic E-state index is 0.648. The summed E-state index contributed by atoms with van der Waals surface area (Å²) in [5.74, 6) is 1.84. The molecule has 2 atom stereocenters. The average Bonchev–Trinajstić information content (AvgIpc) is 2.89. The normalized spacial score (nSPS) is 23.8. The van der Waals surface area contributed by atoms with Gasteiger partial charge in [0.1, 0.15) is 0 Å². The summed E-state index contributed by atoms with van der Waals surface area (Å²) in [6.45, 7) is 3.11. The van der Waals surface area contributed by atoms with E-state index in [1.165, 1.54) is 32.1 Å². The Hall–Kier alpha value is -1.42. The summed E-state index contributed by atoms with van der Waals surface area (Å²) < 4.78 is 2.07. The molecule has 2 aromatic heterocycles. The number of hydrogen-bond acceptors (Lipinski definition) is 3. The Morgan fingerprint density at radius 1 is 1.26 bits per heavy atom. The number of nitrogens with one attached hydrogen (secondary N) is 1. The highest BCUT2D eigenvalue weighted by Crippen LogP contribution is 2.26. The molecule has 4 heteroatoms. The van der Waals surface area contributed by atoms with E-state index in [1.807, 2.05) is 24.4 Å². The van der Waals surface area contributed by atoms with Crippen molar-refractivity contribution in [2.24, 2.45) is 5.92 Å². The summed E-state index contributed by atoms with van der Waals surface area (Å²) in [7, 11) is 0. The minimum Gasteiger partial charge on any atom is -0.307 e. The Morgan fingerprint density at radius 2 is 2.16 bits per heavy atom. The fourth-order valence-electron chi connectivity index (χ4n) is 3.20. The number of hydrogen-bond donors (Lipinski definition) is 1. The van der Waals surface area contributed by atoms with E-state index in [-0.39, 0.29) is 0 Å². The van der Waals surface area contributed by atoms with E-state index < -0.39 is 0 Å². The molecule has 1 saturated carbocycles. The Kier molecular flexibility index (Phi) is 3.78. The summed E-state index contributed by atoms with van der Waals surface area (Å²) in [5, 5.41) is 12.2. The molecule has 1 aliphatic rings. The van der Waals surface area contributed by atoms with E-state index in [1.54, 1.807) is 0 Å². The Balaban J connectivity index is 1.68. The molecule has 0 radical (unpaired) electrons. The predicted molar refractivity (Wildman–Crippen MR) is 75.9 cm³/mol. The first-order valence-electron chi connectivity index (χ1n) is 7.40. The molecule has 19 heavy (non-hydrogen) atoms. The minimum absolute atomic E-state index is 0.648. The van der Waals surface area contributed by atoms with Crippen LogP contribution >= 0.6 is 0 Å². The maximum Gasteiger partial charge on any atom is 0.160 e. The van der Waals surface area contributed by atoms with Crippen molar-refractivity contribution in [2.45, 2.75) is 51.6 Å². The highest BCUT2D eigenvalue weighted by molar-refractivity contribution is 5.36. The van der Waals surface area contributed by atoms with Crippen molar-refractivity contribution < 1.29 is 0 Å². The lowest BCUT2D eigenvalue weighted by molar-refractivity contribution is 0.253. The third-order valence-electron chi connectivity index (χ3n) is 4.34. The zero-order valence-electron chi connectivity index (χ0n) is 11.5. The van der Waals surface area contributed by atoms with Crippen molar-refractivity contribution in [3.05, 3.63) is 30.2 Å². The second kappa shape index (κ2) is 5.70. The number of pyridine rings is 1. The van der Waals surface area contributed by atoms with E-state index in [4.69, 9.17) is 0 Å². The van der Waals surface area contributed by atoms with Crippen LogP contribution in [-0.4, -0.2) is 20.6 Å². The van der Waals surface area contributed by atoms with Gasteiger partial charge < -0.3 is 5.32 Å². The highest BCUT2D eigenvalue weighted by atomic mass is 15.3. The van der Waals surface area contributed by atoms with Gasteiger partial charge in [-0.3, -0.25) is 4.40 Å². The Morgan fingerprint density at radius 3 is 3.05 bits per heavy atom. The van der Waals surface area contributed by atoms with Crippen LogP contribution in [0.4, 0.5) is 0 Å². The molecule has 2 aromatic rings. The summed E-state index contributed by atoms with van der Waals surface area (Å²) >= 11 is 0. The lowest BCUT2D eigenvalue weighted by atomic mass is 9.83. The maximum absolute atomic E-state index is 4.28. The fourth-order valence-corrected chi connectivity index (χ4v) is 3.20. The molecule has 1 aliphatic carbocycles. The molecule has 0 saturated heterocycles. The van der Waals surface area contributed by atoms with Crippen molar-refractivity contribution in [3.8, 4) is 0 Å². The monoisotopic (exact) mass is 258 g/mol. The Labute approximate surface area is 114 Å². The number of aromatic nitrogens is 3. The van der Waals surface area contributed by atoms with E-state index in [2.05, 4.69) is 26.8 Å². The number of fused-ring (bicyclic) bond motifs is 1. The van der Waals surface area contributed by atoms with Gasteiger partial charge in [-0.2, -0.15) is 0 Å². The first-order chi connectivity index (χ1) is 9.38. The van der Waals surface area contributed by atoms with Crippen LogP contribution in [0.2, 0.25) is 0 Å². The molecule has 0 spiro atoms. The topological polar surface area (TPSA) is 42.2 Å². The molecular formula is C15H22N4. The van der Waals surface area contributed by atoms with Crippen LogP contribution in [0.25, 0.3) is 5.65 Å². The molecule has 3 rings (SSSR count). The van der Waals surface area contributed by atoms with Gasteiger partial charge in [-0.25, -0.2) is 0 Å². The molecule has 0 bridgehead atoms. The van der Waals surface area contributed by atoms with Gasteiger partial charge in [0.15, 0.2) is 11.5 Å². The van der Waals surface area contributed by atoms with E-state index >= 15 is 0 Å². The third-order valence-corrected chi connectivity index (χ3v) is 4.34. The lowest BCUT2D eigenvalue weighted by Crippen LogP contribution is -2.38. The largest absolute Gasteiger partial charge is 0.307 e. The van der Waals surface area contributed by atoms with Crippen LogP contribution < -0.4 is 5.32 Å². The second-order valence-corrected chi connectivity index (χ2v) is 5.49. The van der Waals surface area contributed by atoms with Crippen LogP contribution in [-0.2, 0) is 6.54 Å². The van der Waals surface area contributed by atoms with Gasteiger partial charge in [0.05, 0.1) is 6.54 Å². The van der Waals surface area contributed by atoms with E-state index in [0.29, 0.717) is 6.04 Å². The van der Waals surface area contributed by atoms with Gasteiger partial charge in [-0.15, -0.1) is 10.2 Å². The third kappa shape index (κ3) is 2.63. The van der Waals surface area contributed by atoms with Crippen LogP contribution in [0.3, 0.4) is 0 Å². The molecule has 0 amide bonds. The quantitative estimate of drug-likeness (QED) is 0.917. The smallest absolute Gasteiger partial charge is 0.160 e. The molecule has 2 unspecified atom stereocenters. The maximum atomic E-state index is 4.28. The second-order valence-electron chi connectivity index (χ2n) is 5.49. The lowest BCUT2D eigenvalue weighted by Gasteiger charge is -2.31. The predicted octanol–water partition coefficient (Wildman–Crippen LogP) is 2.79. The van der Waals surface area contributed by atoms with Gasteiger partial charge in [0, 0.05) is 12.2 Å². The number of nitrogens with zero attached hydrogens (tertiary/aromatic N) is 3. The summed E-state index contributed by atoms with van der Waals surface area (Å²) in [6, 6.07) is 6.66. The molecule has 0 aliphatic heterocycles. The first-order valence-corrected chi connectivity index (χ1v) is 7.40. The van der Waals surface area contributed by atoms with Crippen LogP contribution in [0.5, 0.6) is 0 Å². The van der Waals surface area contributed by atoms with Crippen molar-refractivity contribution in [1.29, 1.82) is 0 Å². The van der Waals surface area contributed by atoms with Crippen molar-refractivity contribution in [3.63, 3.8) is 0 Å². The van der Waals surface area contributed by atoms with Crippen molar-refractivity contribution >= 4 is 5.65 Å². The van der Waals surface area contributed by atoms with E-state index in [9.17, 15) is 0 Å². The zero-order valence-corrected chi connectivity index (χ0v) is 11.5. The van der Waals surface area contributed by atoms with Crippen molar-refractivity contribution in [1.82, 2.24) is 19.9 Å². The number of rotatable bonds is 4. The molecule has 4 nitrogen and oxygen atoms in total. The summed E-state index contributed by atoms with van der Waals surface area (Å²) in [5.41, 5.74) is 0.926. The van der Waals surface area contributed by atoms with Gasteiger partial charge >= 0.3 is 0 Å². The van der Waals surface area contributed by atoms with Crippen molar-refractivity contribution in [2.75, 3.05) is 0 Å². The summed E-state index contributed by atoms with van der Waals surface area (Å²) in [4.78, 5) is 0. The first kappa shape index (κ1) is 12.6. The zero-order chi connectivity index (χ0) is 13.1. The van der Waals surface area contributed by atoms with Gasteiger partial charge in [-0.1, -0.05) is 32.3 Å². The highest BCUT2D eigenvalue weighted by Gasteiger charge is 2.23. The van der Waals surface area contributed by atoms with Crippen LogP contribution in [0, 0.1) is 5.92 Å². The van der Waals surface area contributed by atoms with Gasteiger partial charge in [0.25, 0.3) is 0 Å². The molecule has 1 fully saturated rings. The van der Waals surface area contributed by atoms with Crippen LogP contribution in [0.1, 0.15) is 44.9 Å². The average molecular weight is 258 g/mol. The molecular weight excluding hydrogens is 236 g/mol. The summed E-state index contributed by atoms with van der Waals surface area (Å²) in [6.07, 6.45) is 8.73. The SMILES string of the molecule is CCC1CCCCC1NCc1nnc2ccccn12. The molecule has 2 heterocycles. The Bertz CT molecular complexity index is 534. The molecule has 102 valence electrons. The van der Waals surface area contributed by atoms with Gasteiger partial charge in [-0.05, 0) is 30.9 Å². The van der Waals surface area contributed by atoms with Gasteiger partial charge in [0.2, 0.25) is 0 Å². The standard InChI is InChI=1S/C15H22N4/c1-2-12-7-3-4-8-13(12)16-11-15-18-17-14-9-5-6-10-19(14)15/h5-6,9-10,12-13,16H,2-4,7-8,11H2,1H3. The molecule has 1 N–H and O–H groups in total.